The van der Waals surface area contributed by atoms with Crippen LogP contribution in [0.1, 0.15) is 0 Å². The zero-order valence-electron chi connectivity index (χ0n) is 8.97. The van der Waals surface area contributed by atoms with Gasteiger partial charge in [0.05, 0.1) is 7.11 Å². The summed E-state index contributed by atoms with van der Waals surface area (Å²) in [5.41, 5.74) is 7.88. The van der Waals surface area contributed by atoms with Crippen LogP contribution in [0.5, 0.6) is 11.5 Å². The molecule has 0 aliphatic heterocycles. The molecule has 2 rings (SSSR count). The van der Waals surface area contributed by atoms with Crippen LogP contribution >= 0.6 is 0 Å². The number of aromatic hydroxyl groups is 1. The lowest BCUT2D eigenvalue weighted by Crippen LogP contribution is -1.91. The molecule has 16 heavy (non-hydrogen) atoms. The number of hydrogen-bond acceptors (Lipinski definition) is 3. The SMILES string of the molecule is COc1ccc(N)cc1-c1ccccc1O. The molecule has 0 fully saturated rings. The van der Waals surface area contributed by atoms with E-state index in [1.807, 2.05) is 12.1 Å². The molecular weight excluding hydrogens is 202 g/mol. The van der Waals surface area contributed by atoms with Gasteiger partial charge < -0.3 is 15.6 Å². The van der Waals surface area contributed by atoms with Crippen molar-refractivity contribution in [3.05, 3.63) is 42.5 Å². The van der Waals surface area contributed by atoms with Crippen molar-refractivity contribution >= 4 is 5.69 Å². The number of methoxy groups -OCH3 is 1. The molecule has 3 heteroatoms. The van der Waals surface area contributed by atoms with E-state index < -0.39 is 0 Å². The van der Waals surface area contributed by atoms with Gasteiger partial charge in [0.2, 0.25) is 0 Å². The molecule has 0 aliphatic carbocycles. The number of para-hydroxylation sites is 1. The molecule has 2 aromatic rings. The van der Waals surface area contributed by atoms with Crippen molar-refractivity contribution in [2.24, 2.45) is 0 Å². The van der Waals surface area contributed by atoms with Crippen LogP contribution in [0.15, 0.2) is 42.5 Å². The molecule has 0 aromatic heterocycles. The van der Waals surface area contributed by atoms with Crippen molar-refractivity contribution in [1.82, 2.24) is 0 Å². The van der Waals surface area contributed by atoms with E-state index in [0.29, 0.717) is 17.0 Å². The van der Waals surface area contributed by atoms with Crippen LogP contribution in [0.3, 0.4) is 0 Å². The minimum absolute atomic E-state index is 0.214. The van der Waals surface area contributed by atoms with Crippen molar-refractivity contribution in [2.75, 3.05) is 12.8 Å². The summed E-state index contributed by atoms with van der Waals surface area (Å²) in [6, 6.07) is 12.4. The minimum atomic E-state index is 0.214. The Labute approximate surface area is 94.1 Å². The summed E-state index contributed by atoms with van der Waals surface area (Å²) in [6.45, 7) is 0. The lowest BCUT2D eigenvalue weighted by molar-refractivity contribution is 0.416. The van der Waals surface area contributed by atoms with Gasteiger partial charge in [-0.2, -0.15) is 0 Å². The van der Waals surface area contributed by atoms with Crippen LogP contribution in [0.25, 0.3) is 11.1 Å². The first-order valence-corrected chi connectivity index (χ1v) is 4.94. The number of anilines is 1. The minimum Gasteiger partial charge on any atom is -0.507 e. The summed E-state index contributed by atoms with van der Waals surface area (Å²) in [5.74, 6) is 0.905. The van der Waals surface area contributed by atoms with Crippen LogP contribution in [0, 0.1) is 0 Å². The maximum Gasteiger partial charge on any atom is 0.126 e. The summed E-state index contributed by atoms with van der Waals surface area (Å²) < 4.78 is 5.24. The Balaban J connectivity index is 2.63. The molecule has 82 valence electrons. The summed E-state index contributed by atoms with van der Waals surface area (Å²) in [6.07, 6.45) is 0. The van der Waals surface area contributed by atoms with Crippen molar-refractivity contribution in [2.45, 2.75) is 0 Å². The normalized spacial score (nSPS) is 10.1. The van der Waals surface area contributed by atoms with Gasteiger partial charge in [-0.3, -0.25) is 0 Å². The van der Waals surface area contributed by atoms with E-state index in [9.17, 15) is 5.11 Å². The van der Waals surface area contributed by atoms with Crippen LogP contribution < -0.4 is 10.5 Å². The van der Waals surface area contributed by atoms with E-state index in [4.69, 9.17) is 10.5 Å². The summed E-state index contributed by atoms with van der Waals surface area (Å²) in [4.78, 5) is 0. The first-order chi connectivity index (χ1) is 7.72. The van der Waals surface area contributed by atoms with Crippen LogP contribution in [0.2, 0.25) is 0 Å². The quantitative estimate of drug-likeness (QED) is 0.757. The van der Waals surface area contributed by atoms with Crippen molar-refractivity contribution in [1.29, 1.82) is 0 Å². The Morgan fingerprint density at radius 1 is 1.06 bits per heavy atom. The molecule has 0 bridgehead atoms. The maximum absolute atomic E-state index is 9.78. The van der Waals surface area contributed by atoms with Gasteiger partial charge in [-0.15, -0.1) is 0 Å². The lowest BCUT2D eigenvalue weighted by Gasteiger charge is -2.10. The predicted molar refractivity (Wildman–Crippen MR) is 64.5 cm³/mol. The fourth-order valence-corrected chi connectivity index (χ4v) is 1.64. The van der Waals surface area contributed by atoms with E-state index in [1.54, 1.807) is 37.4 Å². The largest absolute Gasteiger partial charge is 0.507 e. The van der Waals surface area contributed by atoms with E-state index in [2.05, 4.69) is 0 Å². The summed E-state index contributed by atoms with van der Waals surface area (Å²) >= 11 is 0. The van der Waals surface area contributed by atoms with Crippen molar-refractivity contribution in [3.8, 4) is 22.6 Å². The van der Waals surface area contributed by atoms with Crippen LogP contribution in [0.4, 0.5) is 5.69 Å². The van der Waals surface area contributed by atoms with Gasteiger partial charge >= 0.3 is 0 Å². The molecule has 3 N–H and O–H groups in total. The van der Waals surface area contributed by atoms with E-state index in [0.717, 1.165) is 5.56 Å². The molecule has 0 aliphatic rings. The number of hydrogen-bond donors (Lipinski definition) is 2. The molecule has 0 atom stereocenters. The molecule has 0 amide bonds. The number of rotatable bonds is 2. The topological polar surface area (TPSA) is 55.5 Å². The molecular formula is C13H13NO2. The molecule has 0 radical (unpaired) electrons. The third-order valence-electron chi connectivity index (χ3n) is 2.42. The molecule has 0 saturated heterocycles. The Hall–Kier alpha value is -2.16. The van der Waals surface area contributed by atoms with Crippen LogP contribution in [-0.4, -0.2) is 12.2 Å². The van der Waals surface area contributed by atoms with Crippen molar-refractivity contribution < 1.29 is 9.84 Å². The average Bonchev–Trinajstić information content (AvgIpc) is 2.29. The first-order valence-electron chi connectivity index (χ1n) is 4.94. The van der Waals surface area contributed by atoms with E-state index >= 15 is 0 Å². The monoisotopic (exact) mass is 215 g/mol. The van der Waals surface area contributed by atoms with Gasteiger partial charge in [0.1, 0.15) is 11.5 Å². The van der Waals surface area contributed by atoms with Gasteiger partial charge in [-0.1, -0.05) is 18.2 Å². The molecule has 0 saturated carbocycles. The zero-order valence-corrected chi connectivity index (χ0v) is 8.97. The van der Waals surface area contributed by atoms with Crippen LogP contribution in [-0.2, 0) is 0 Å². The van der Waals surface area contributed by atoms with E-state index in [1.165, 1.54) is 0 Å². The third kappa shape index (κ3) is 1.80. The Morgan fingerprint density at radius 3 is 2.50 bits per heavy atom. The van der Waals surface area contributed by atoms with Crippen molar-refractivity contribution in [3.63, 3.8) is 0 Å². The lowest BCUT2D eigenvalue weighted by atomic mass is 10.0. The molecule has 0 unspecified atom stereocenters. The Morgan fingerprint density at radius 2 is 1.81 bits per heavy atom. The van der Waals surface area contributed by atoms with Gasteiger partial charge in [-0.25, -0.2) is 0 Å². The van der Waals surface area contributed by atoms with E-state index in [-0.39, 0.29) is 5.75 Å². The van der Waals surface area contributed by atoms with Gasteiger partial charge in [0.15, 0.2) is 0 Å². The average molecular weight is 215 g/mol. The highest BCUT2D eigenvalue weighted by atomic mass is 16.5. The number of nitrogens with two attached hydrogens (primary N) is 1. The predicted octanol–water partition coefficient (Wildman–Crippen LogP) is 2.65. The second kappa shape index (κ2) is 4.14. The number of benzene rings is 2. The third-order valence-corrected chi connectivity index (χ3v) is 2.42. The highest BCUT2D eigenvalue weighted by Gasteiger charge is 2.09. The number of nitrogen functional groups attached to an aromatic ring is 1. The molecule has 0 spiro atoms. The van der Waals surface area contributed by atoms with Gasteiger partial charge in [0, 0.05) is 16.8 Å². The number of phenolic OH excluding ortho intramolecular Hbond substituents is 1. The highest BCUT2D eigenvalue weighted by Crippen LogP contribution is 2.36. The Kier molecular flexibility index (Phi) is 2.68. The summed E-state index contributed by atoms with van der Waals surface area (Å²) in [7, 11) is 1.59. The molecule has 3 nitrogen and oxygen atoms in total. The standard InChI is InChI=1S/C13H13NO2/c1-16-13-7-6-9(14)8-11(13)10-4-2-3-5-12(10)15/h2-8,15H,14H2,1H3. The number of phenols is 1. The Bertz CT molecular complexity index is 509. The zero-order chi connectivity index (χ0) is 11.5. The highest BCUT2D eigenvalue weighted by molar-refractivity contribution is 5.78. The molecule has 2 aromatic carbocycles. The maximum atomic E-state index is 9.78. The second-order valence-electron chi connectivity index (χ2n) is 3.48. The fraction of sp³-hybridized carbons (Fsp3) is 0.0769. The number of ether oxygens (including phenoxy) is 1. The second-order valence-corrected chi connectivity index (χ2v) is 3.48. The fourth-order valence-electron chi connectivity index (χ4n) is 1.64. The smallest absolute Gasteiger partial charge is 0.126 e. The first kappa shape index (κ1) is 10.4. The molecule has 0 heterocycles. The summed E-state index contributed by atoms with van der Waals surface area (Å²) in [5, 5.41) is 9.78. The van der Waals surface area contributed by atoms with Gasteiger partial charge in [0.25, 0.3) is 0 Å². The van der Waals surface area contributed by atoms with Gasteiger partial charge in [-0.05, 0) is 24.3 Å².